The van der Waals surface area contributed by atoms with Crippen LogP contribution in [0.4, 0.5) is 4.79 Å². The Labute approximate surface area is 155 Å². The van der Waals surface area contributed by atoms with E-state index in [2.05, 4.69) is 25.2 Å². The molecule has 1 aliphatic heterocycles. The van der Waals surface area contributed by atoms with Crippen molar-refractivity contribution in [1.82, 2.24) is 10.2 Å². The number of nitrogens with zero attached hydrogens (tertiary/aromatic N) is 1. The monoisotopic (exact) mass is 356 g/mol. The van der Waals surface area contributed by atoms with Crippen molar-refractivity contribution in [3.63, 3.8) is 0 Å². The minimum Gasteiger partial charge on any atom is -0.496 e. The lowest BCUT2D eigenvalue weighted by molar-refractivity contribution is -0.124. The summed E-state index contributed by atoms with van der Waals surface area (Å²) in [6, 6.07) is 3.78. The highest BCUT2D eigenvalue weighted by Crippen LogP contribution is 2.31. The molecule has 0 bridgehead atoms. The fourth-order valence-corrected chi connectivity index (χ4v) is 3.87. The maximum atomic E-state index is 12.8. The number of aryl methyl sites for hydroxylation is 1. The van der Waals surface area contributed by atoms with E-state index in [-0.39, 0.29) is 18.0 Å². The molecule has 1 saturated carbocycles. The number of hydrogen-bond donors (Lipinski definition) is 1. The van der Waals surface area contributed by atoms with Crippen LogP contribution in [0.5, 0.6) is 5.75 Å². The van der Waals surface area contributed by atoms with Crippen LogP contribution < -0.4 is 10.1 Å². The summed E-state index contributed by atoms with van der Waals surface area (Å²) < 4.78 is 5.48. The van der Waals surface area contributed by atoms with Crippen molar-refractivity contribution in [3.8, 4) is 5.75 Å². The molecule has 0 radical (unpaired) electrons. The SMILES string of the molecule is COc1cc(C)c(/C=C2\NC(=O)N(C3CCCCC3)C2=O)cc1C(C)C. The summed E-state index contributed by atoms with van der Waals surface area (Å²) in [5.41, 5.74) is 3.40. The molecule has 140 valence electrons. The van der Waals surface area contributed by atoms with Crippen LogP contribution in [0.2, 0.25) is 0 Å². The first-order valence-corrected chi connectivity index (χ1v) is 9.47. The van der Waals surface area contributed by atoms with E-state index in [1.165, 1.54) is 11.3 Å². The number of nitrogens with one attached hydrogen (secondary N) is 1. The van der Waals surface area contributed by atoms with E-state index in [1.54, 1.807) is 13.2 Å². The summed E-state index contributed by atoms with van der Waals surface area (Å²) >= 11 is 0. The second-order valence-corrected chi connectivity index (χ2v) is 7.56. The number of carbonyl (C=O) groups excluding carboxylic acids is 2. The average Bonchev–Trinajstić information content (AvgIpc) is 2.90. The molecule has 1 heterocycles. The molecule has 0 unspecified atom stereocenters. The Hall–Kier alpha value is -2.30. The lowest BCUT2D eigenvalue weighted by atomic mass is 9.94. The average molecular weight is 356 g/mol. The largest absolute Gasteiger partial charge is 0.496 e. The summed E-state index contributed by atoms with van der Waals surface area (Å²) in [7, 11) is 1.67. The highest BCUT2D eigenvalue weighted by Gasteiger charge is 2.39. The molecule has 2 aliphatic rings. The Morgan fingerprint density at radius 1 is 1.19 bits per heavy atom. The van der Waals surface area contributed by atoms with Crippen LogP contribution in [-0.4, -0.2) is 30.0 Å². The van der Waals surface area contributed by atoms with Crippen molar-refractivity contribution in [2.45, 2.75) is 64.8 Å². The number of carbonyl (C=O) groups is 2. The van der Waals surface area contributed by atoms with E-state index in [1.807, 2.05) is 13.0 Å². The smallest absolute Gasteiger partial charge is 0.329 e. The van der Waals surface area contributed by atoms with Crippen LogP contribution in [0.1, 0.15) is 68.6 Å². The topological polar surface area (TPSA) is 58.6 Å². The Bertz CT molecular complexity index is 746. The van der Waals surface area contributed by atoms with Gasteiger partial charge in [0, 0.05) is 6.04 Å². The van der Waals surface area contributed by atoms with Gasteiger partial charge < -0.3 is 10.1 Å². The van der Waals surface area contributed by atoms with Crippen LogP contribution in [-0.2, 0) is 4.79 Å². The van der Waals surface area contributed by atoms with Gasteiger partial charge in [-0.2, -0.15) is 0 Å². The molecule has 1 aromatic rings. The van der Waals surface area contributed by atoms with E-state index in [0.717, 1.165) is 48.1 Å². The number of urea groups is 1. The molecule has 2 fully saturated rings. The minimum absolute atomic E-state index is 0.0327. The predicted octanol–water partition coefficient (Wildman–Crippen LogP) is 4.35. The number of rotatable bonds is 4. The molecule has 1 aromatic carbocycles. The molecule has 3 rings (SSSR count). The number of hydrogen-bond acceptors (Lipinski definition) is 3. The third-order valence-electron chi connectivity index (χ3n) is 5.39. The van der Waals surface area contributed by atoms with Gasteiger partial charge in [0.05, 0.1) is 7.11 Å². The lowest BCUT2D eigenvalue weighted by Crippen LogP contribution is -2.41. The molecule has 1 saturated heterocycles. The van der Waals surface area contributed by atoms with Crippen molar-refractivity contribution in [1.29, 1.82) is 0 Å². The van der Waals surface area contributed by atoms with Gasteiger partial charge in [-0.3, -0.25) is 9.69 Å². The van der Waals surface area contributed by atoms with Gasteiger partial charge in [0.15, 0.2) is 0 Å². The maximum Gasteiger partial charge on any atom is 0.329 e. The molecule has 5 nitrogen and oxygen atoms in total. The number of imide groups is 1. The third-order valence-corrected chi connectivity index (χ3v) is 5.39. The summed E-state index contributed by atoms with van der Waals surface area (Å²) in [5.74, 6) is 0.948. The molecule has 0 spiro atoms. The zero-order valence-corrected chi connectivity index (χ0v) is 16.1. The summed E-state index contributed by atoms with van der Waals surface area (Å²) in [5, 5.41) is 2.77. The fourth-order valence-electron chi connectivity index (χ4n) is 3.87. The normalized spacial score (nSPS) is 20.2. The van der Waals surface area contributed by atoms with Gasteiger partial charge in [0.2, 0.25) is 0 Å². The van der Waals surface area contributed by atoms with E-state index in [0.29, 0.717) is 11.6 Å². The molecule has 5 heteroatoms. The molecule has 0 atom stereocenters. The molecule has 1 aliphatic carbocycles. The Morgan fingerprint density at radius 3 is 2.50 bits per heavy atom. The van der Waals surface area contributed by atoms with Gasteiger partial charge in [-0.15, -0.1) is 0 Å². The van der Waals surface area contributed by atoms with Crippen LogP contribution in [0, 0.1) is 6.92 Å². The van der Waals surface area contributed by atoms with Gasteiger partial charge in [-0.25, -0.2) is 4.79 Å². The summed E-state index contributed by atoms with van der Waals surface area (Å²) in [6.07, 6.45) is 6.96. The highest BCUT2D eigenvalue weighted by molar-refractivity contribution is 6.14. The van der Waals surface area contributed by atoms with Crippen molar-refractivity contribution in [3.05, 3.63) is 34.5 Å². The van der Waals surface area contributed by atoms with Gasteiger partial charge in [-0.05, 0) is 60.6 Å². The quantitative estimate of drug-likeness (QED) is 0.644. The van der Waals surface area contributed by atoms with Gasteiger partial charge >= 0.3 is 6.03 Å². The zero-order chi connectivity index (χ0) is 18.8. The van der Waals surface area contributed by atoms with Crippen molar-refractivity contribution >= 4 is 18.0 Å². The molecule has 0 aromatic heterocycles. The first kappa shape index (κ1) is 18.5. The number of ether oxygens (including phenoxy) is 1. The summed E-state index contributed by atoms with van der Waals surface area (Å²) in [4.78, 5) is 26.6. The molecular weight excluding hydrogens is 328 g/mol. The predicted molar refractivity (Wildman–Crippen MR) is 102 cm³/mol. The van der Waals surface area contributed by atoms with Crippen molar-refractivity contribution in [2.75, 3.05) is 7.11 Å². The standard InChI is InChI=1S/C21H28N2O3/c1-13(2)17-11-15(14(3)10-19(17)26-4)12-18-20(24)23(21(25)22-18)16-8-6-5-7-9-16/h10-13,16H,5-9H2,1-4H3,(H,22,25)/b18-12-. The van der Waals surface area contributed by atoms with Crippen LogP contribution >= 0.6 is 0 Å². The van der Waals surface area contributed by atoms with Gasteiger partial charge in [-0.1, -0.05) is 33.1 Å². The molecular formula is C21H28N2O3. The third kappa shape index (κ3) is 3.48. The van der Waals surface area contributed by atoms with Crippen LogP contribution in [0.3, 0.4) is 0 Å². The number of methoxy groups -OCH3 is 1. The Kier molecular flexibility index (Phi) is 5.35. The number of amides is 3. The molecule has 26 heavy (non-hydrogen) atoms. The first-order chi connectivity index (χ1) is 12.4. The van der Waals surface area contributed by atoms with E-state index in [9.17, 15) is 9.59 Å². The number of benzene rings is 1. The van der Waals surface area contributed by atoms with E-state index >= 15 is 0 Å². The summed E-state index contributed by atoms with van der Waals surface area (Å²) in [6.45, 7) is 6.20. The van der Waals surface area contributed by atoms with Crippen molar-refractivity contribution in [2.24, 2.45) is 0 Å². The lowest BCUT2D eigenvalue weighted by Gasteiger charge is -2.28. The van der Waals surface area contributed by atoms with Crippen molar-refractivity contribution < 1.29 is 14.3 Å². The second-order valence-electron chi connectivity index (χ2n) is 7.56. The Morgan fingerprint density at radius 2 is 1.88 bits per heavy atom. The van der Waals surface area contributed by atoms with E-state index in [4.69, 9.17) is 4.74 Å². The highest BCUT2D eigenvalue weighted by atomic mass is 16.5. The van der Waals surface area contributed by atoms with Gasteiger partial charge in [0.25, 0.3) is 5.91 Å². The fraction of sp³-hybridized carbons (Fsp3) is 0.524. The zero-order valence-electron chi connectivity index (χ0n) is 16.1. The minimum atomic E-state index is -0.289. The first-order valence-electron chi connectivity index (χ1n) is 9.47. The molecule has 1 N–H and O–H groups in total. The Balaban J connectivity index is 1.91. The van der Waals surface area contributed by atoms with Crippen LogP contribution in [0.25, 0.3) is 6.08 Å². The maximum absolute atomic E-state index is 12.8. The molecule has 3 amide bonds. The van der Waals surface area contributed by atoms with Crippen LogP contribution in [0.15, 0.2) is 17.8 Å². The van der Waals surface area contributed by atoms with E-state index < -0.39 is 0 Å². The van der Waals surface area contributed by atoms with Gasteiger partial charge in [0.1, 0.15) is 11.4 Å². The second kappa shape index (κ2) is 7.52.